The maximum absolute atomic E-state index is 10.9. The van der Waals surface area contributed by atoms with Crippen LogP contribution < -0.4 is 0 Å². The van der Waals surface area contributed by atoms with Crippen molar-refractivity contribution in [2.45, 2.75) is 44.2 Å². The first-order valence-corrected chi connectivity index (χ1v) is 10.3. The second-order valence-corrected chi connectivity index (χ2v) is 8.67. The molecule has 2 heterocycles. The second-order valence-electron chi connectivity index (χ2n) is 8.67. The van der Waals surface area contributed by atoms with Gasteiger partial charge in [0.15, 0.2) is 0 Å². The molecule has 0 bridgehead atoms. The lowest BCUT2D eigenvalue weighted by atomic mass is 9.77. The quantitative estimate of drug-likeness (QED) is 0.915. The molecule has 1 aromatic carbocycles. The molecule has 1 aliphatic heterocycles. The van der Waals surface area contributed by atoms with E-state index in [1.807, 2.05) is 12.3 Å². The minimum absolute atomic E-state index is 0.151. The zero-order valence-corrected chi connectivity index (χ0v) is 15.4. The number of benzene rings is 1. The van der Waals surface area contributed by atoms with Gasteiger partial charge in [-0.15, -0.1) is 0 Å². The van der Waals surface area contributed by atoms with Crippen molar-refractivity contribution in [1.29, 1.82) is 0 Å². The van der Waals surface area contributed by atoms with E-state index in [0.717, 1.165) is 36.1 Å². The molecule has 3 fully saturated rings. The summed E-state index contributed by atoms with van der Waals surface area (Å²) in [6.45, 7) is 3.70. The van der Waals surface area contributed by atoms with Crippen LogP contribution in [0.3, 0.4) is 0 Å². The first kappa shape index (κ1) is 16.5. The minimum Gasteiger partial charge on any atom is -0.391 e. The molecule has 4 nitrogen and oxygen atoms in total. The molecule has 0 unspecified atom stereocenters. The number of rotatable bonds is 4. The summed E-state index contributed by atoms with van der Waals surface area (Å²) in [6.07, 6.45) is 9.94. The number of aliphatic hydroxyl groups is 1. The number of hydrogen-bond acceptors (Lipinski definition) is 3. The average molecular weight is 351 g/mol. The molecular weight excluding hydrogens is 322 g/mol. The molecule has 26 heavy (non-hydrogen) atoms. The Labute approximate surface area is 155 Å². The predicted molar refractivity (Wildman–Crippen MR) is 103 cm³/mol. The Morgan fingerprint density at radius 3 is 2.54 bits per heavy atom. The minimum atomic E-state index is -0.267. The second kappa shape index (κ2) is 6.82. The highest BCUT2D eigenvalue weighted by Gasteiger charge is 2.43. The van der Waals surface area contributed by atoms with E-state index in [-0.39, 0.29) is 12.1 Å². The molecule has 2 aromatic rings. The molecule has 3 aliphatic rings. The summed E-state index contributed by atoms with van der Waals surface area (Å²) in [7, 11) is 0. The third-order valence-corrected chi connectivity index (χ3v) is 6.98. The van der Waals surface area contributed by atoms with E-state index in [2.05, 4.69) is 44.9 Å². The molecule has 138 valence electrons. The molecule has 2 saturated carbocycles. The van der Waals surface area contributed by atoms with Gasteiger partial charge in [0.25, 0.3) is 0 Å². The largest absolute Gasteiger partial charge is 0.391 e. The Bertz CT molecular complexity index is 739. The van der Waals surface area contributed by atoms with Gasteiger partial charge in [-0.05, 0) is 43.4 Å². The topological polar surface area (TPSA) is 41.3 Å². The fourth-order valence-electron chi connectivity index (χ4n) is 5.38. The molecular formula is C22H29N3O. The van der Waals surface area contributed by atoms with Gasteiger partial charge in [0, 0.05) is 37.6 Å². The van der Waals surface area contributed by atoms with Crippen molar-refractivity contribution in [2.24, 2.45) is 17.8 Å². The average Bonchev–Trinajstić information content (AvgIpc) is 3.24. The van der Waals surface area contributed by atoms with E-state index >= 15 is 0 Å². The van der Waals surface area contributed by atoms with E-state index in [9.17, 15) is 5.11 Å². The first-order valence-electron chi connectivity index (χ1n) is 10.3. The van der Waals surface area contributed by atoms with Crippen molar-refractivity contribution in [1.82, 2.24) is 14.5 Å². The summed E-state index contributed by atoms with van der Waals surface area (Å²) >= 11 is 0. The maximum atomic E-state index is 10.9. The standard InChI is InChI=1S/C22H29N3O/c26-21-12-19-15-24(13-16-5-4-6-16)14-18(19)11-20(21)25-10-9-23-22(25)17-7-2-1-3-8-17/h1-3,7-10,16,18-21,26H,4-6,11-15H2/t18-,19+,20-,21-/m0/s1. The first-order chi connectivity index (χ1) is 12.8. The van der Waals surface area contributed by atoms with Crippen LogP contribution in [0.5, 0.6) is 0 Å². The maximum Gasteiger partial charge on any atom is 0.140 e. The van der Waals surface area contributed by atoms with Crippen molar-refractivity contribution in [2.75, 3.05) is 19.6 Å². The molecule has 0 amide bonds. The van der Waals surface area contributed by atoms with Crippen molar-refractivity contribution in [3.63, 3.8) is 0 Å². The summed E-state index contributed by atoms with van der Waals surface area (Å²) in [5.74, 6) is 3.31. The SMILES string of the molecule is O[C@H]1C[C@@H]2CN(CC3CCC3)C[C@@H]2C[C@@H]1n1ccnc1-c1ccccc1. The number of aromatic nitrogens is 2. The molecule has 0 radical (unpaired) electrons. The van der Waals surface area contributed by atoms with Crippen molar-refractivity contribution < 1.29 is 5.11 Å². The highest BCUT2D eigenvalue weighted by Crippen LogP contribution is 2.43. The zero-order chi connectivity index (χ0) is 17.5. The van der Waals surface area contributed by atoms with Gasteiger partial charge < -0.3 is 14.6 Å². The smallest absolute Gasteiger partial charge is 0.140 e. The van der Waals surface area contributed by atoms with Crippen molar-refractivity contribution in [3.8, 4) is 11.4 Å². The molecule has 1 aromatic heterocycles. The lowest BCUT2D eigenvalue weighted by Gasteiger charge is -2.36. The molecule has 4 heteroatoms. The van der Waals surface area contributed by atoms with Gasteiger partial charge >= 0.3 is 0 Å². The summed E-state index contributed by atoms with van der Waals surface area (Å²) in [4.78, 5) is 7.28. The number of imidazole rings is 1. The lowest BCUT2D eigenvalue weighted by molar-refractivity contribution is 0.0365. The highest BCUT2D eigenvalue weighted by atomic mass is 16.3. The summed E-state index contributed by atoms with van der Waals surface area (Å²) < 4.78 is 2.23. The summed E-state index contributed by atoms with van der Waals surface area (Å²) in [5, 5.41) is 10.9. The van der Waals surface area contributed by atoms with Crippen LogP contribution in [0.2, 0.25) is 0 Å². The van der Waals surface area contributed by atoms with Crippen LogP contribution in [0.15, 0.2) is 42.7 Å². The molecule has 1 N–H and O–H groups in total. The van der Waals surface area contributed by atoms with Crippen molar-refractivity contribution >= 4 is 0 Å². The van der Waals surface area contributed by atoms with E-state index in [1.54, 1.807) is 0 Å². The van der Waals surface area contributed by atoms with E-state index in [1.165, 1.54) is 38.9 Å². The Morgan fingerprint density at radius 1 is 1.04 bits per heavy atom. The third-order valence-electron chi connectivity index (χ3n) is 6.98. The molecule has 4 atom stereocenters. The van der Waals surface area contributed by atoms with Crippen LogP contribution in [0.25, 0.3) is 11.4 Å². The molecule has 1 saturated heterocycles. The lowest BCUT2D eigenvalue weighted by Crippen LogP contribution is -2.36. The Hall–Kier alpha value is -1.65. The fraction of sp³-hybridized carbons (Fsp3) is 0.591. The summed E-state index contributed by atoms with van der Waals surface area (Å²) in [6, 6.07) is 10.5. The monoisotopic (exact) mass is 351 g/mol. The zero-order valence-electron chi connectivity index (χ0n) is 15.4. The summed E-state index contributed by atoms with van der Waals surface area (Å²) in [5.41, 5.74) is 1.13. The highest BCUT2D eigenvalue weighted by molar-refractivity contribution is 5.55. The van der Waals surface area contributed by atoms with Crippen molar-refractivity contribution in [3.05, 3.63) is 42.7 Å². The Kier molecular flexibility index (Phi) is 4.33. The Morgan fingerprint density at radius 2 is 1.81 bits per heavy atom. The van der Waals surface area contributed by atoms with Gasteiger partial charge in [0.05, 0.1) is 12.1 Å². The van der Waals surface area contributed by atoms with Crippen LogP contribution in [0.1, 0.15) is 38.1 Å². The van der Waals surface area contributed by atoms with E-state index in [0.29, 0.717) is 5.92 Å². The van der Waals surface area contributed by atoms with Gasteiger partial charge in [-0.3, -0.25) is 0 Å². The third kappa shape index (κ3) is 2.99. The van der Waals surface area contributed by atoms with Gasteiger partial charge in [-0.2, -0.15) is 0 Å². The number of nitrogens with zero attached hydrogens (tertiary/aromatic N) is 3. The number of fused-ring (bicyclic) bond motifs is 1. The Balaban J connectivity index is 1.33. The van der Waals surface area contributed by atoms with Gasteiger partial charge in [-0.25, -0.2) is 4.98 Å². The van der Waals surface area contributed by atoms with E-state index < -0.39 is 0 Å². The van der Waals surface area contributed by atoms with E-state index in [4.69, 9.17) is 0 Å². The van der Waals surface area contributed by atoms with Crippen LogP contribution in [0, 0.1) is 17.8 Å². The van der Waals surface area contributed by atoms with Crippen LogP contribution in [-0.4, -0.2) is 45.3 Å². The van der Waals surface area contributed by atoms with Gasteiger partial charge in [0.2, 0.25) is 0 Å². The van der Waals surface area contributed by atoms with Crippen LogP contribution in [-0.2, 0) is 0 Å². The number of likely N-dealkylation sites (tertiary alicyclic amines) is 1. The predicted octanol–water partition coefficient (Wildman–Crippen LogP) is 3.59. The fourth-order valence-corrected chi connectivity index (χ4v) is 5.38. The molecule has 2 aliphatic carbocycles. The number of hydrogen-bond donors (Lipinski definition) is 1. The normalized spacial score (nSPS) is 32.3. The number of aliphatic hydroxyl groups excluding tert-OH is 1. The molecule has 0 spiro atoms. The van der Waals surface area contributed by atoms with Crippen LogP contribution >= 0.6 is 0 Å². The van der Waals surface area contributed by atoms with Crippen LogP contribution in [0.4, 0.5) is 0 Å². The molecule has 5 rings (SSSR count). The van der Waals surface area contributed by atoms with Gasteiger partial charge in [0.1, 0.15) is 5.82 Å². The van der Waals surface area contributed by atoms with Gasteiger partial charge in [-0.1, -0.05) is 36.8 Å².